The minimum atomic E-state index is 0.208. The van der Waals surface area contributed by atoms with Crippen molar-refractivity contribution in [2.45, 2.75) is 69.9 Å². The van der Waals surface area contributed by atoms with Gasteiger partial charge in [-0.3, -0.25) is 0 Å². The molecule has 1 saturated heterocycles. The highest BCUT2D eigenvalue weighted by Gasteiger charge is 2.41. The fourth-order valence-corrected chi connectivity index (χ4v) is 5.59. The highest BCUT2D eigenvalue weighted by molar-refractivity contribution is 7.10. The summed E-state index contributed by atoms with van der Waals surface area (Å²) >= 11 is 1.93. The lowest BCUT2D eigenvalue weighted by molar-refractivity contribution is -0.121. The van der Waals surface area contributed by atoms with Gasteiger partial charge in [0.1, 0.15) is 0 Å². The summed E-state index contributed by atoms with van der Waals surface area (Å²) in [7, 11) is 2.13. The monoisotopic (exact) mass is 307 g/mol. The number of thiophene rings is 1. The van der Waals surface area contributed by atoms with Crippen LogP contribution in [0, 0.1) is 5.92 Å². The van der Waals surface area contributed by atoms with Gasteiger partial charge in [0.2, 0.25) is 0 Å². The van der Waals surface area contributed by atoms with E-state index in [4.69, 9.17) is 4.74 Å². The van der Waals surface area contributed by atoms with Crippen LogP contribution >= 0.6 is 11.3 Å². The number of ether oxygens (including phenoxy) is 1. The van der Waals surface area contributed by atoms with Crippen molar-refractivity contribution in [1.29, 1.82) is 0 Å². The van der Waals surface area contributed by atoms with Gasteiger partial charge in [-0.15, -0.1) is 11.3 Å². The van der Waals surface area contributed by atoms with Crippen LogP contribution in [0.3, 0.4) is 0 Å². The molecule has 1 aromatic heterocycles. The van der Waals surface area contributed by atoms with Crippen LogP contribution in [0.15, 0.2) is 11.4 Å². The van der Waals surface area contributed by atoms with E-state index in [-0.39, 0.29) is 5.60 Å². The molecular weight excluding hydrogens is 278 g/mol. The second-order valence-electron chi connectivity index (χ2n) is 6.78. The summed E-state index contributed by atoms with van der Waals surface area (Å²) in [5.41, 5.74) is 1.74. The van der Waals surface area contributed by atoms with E-state index in [9.17, 15) is 0 Å². The maximum absolute atomic E-state index is 6.28. The van der Waals surface area contributed by atoms with Gasteiger partial charge in [0.25, 0.3) is 0 Å². The molecule has 1 saturated carbocycles. The molecule has 3 heteroatoms. The summed E-state index contributed by atoms with van der Waals surface area (Å²) in [6.45, 7) is 3.22. The second-order valence-corrected chi connectivity index (χ2v) is 7.72. The van der Waals surface area contributed by atoms with E-state index < -0.39 is 0 Å². The number of rotatable bonds is 4. The molecule has 0 radical (unpaired) electrons. The Morgan fingerprint density at radius 3 is 2.90 bits per heavy atom. The Hall–Kier alpha value is -0.380. The molecule has 2 heterocycles. The molecule has 2 unspecified atom stereocenters. The van der Waals surface area contributed by atoms with Crippen LogP contribution in [0.5, 0.6) is 0 Å². The van der Waals surface area contributed by atoms with E-state index in [1.165, 1.54) is 50.5 Å². The molecular formula is C18H29NOS. The number of hydrogen-bond acceptors (Lipinski definition) is 3. The van der Waals surface area contributed by atoms with E-state index in [2.05, 4.69) is 30.7 Å². The van der Waals surface area contributed by atoms with Crippen LogP contribution in [0.25, 0.3) is 0 Å². The highest BCUT2D eigenvalue weighted by atomic mass is 32.1. The molecule has 0 aromatic carbocycles. The van der Waals surface area contributed by atoms with Crippen molar-refractivity contribution >= 4 is 11.3 Å². The lowest BCUT2D eigenvalue weighted by Gasteiger charge is -2.45. The van der Waals surface area contributed by atoms with Gasteiger partial charge in [-0.05, 0) is 62.1 Å². The minimum Gasteiger partial charge on any atom is -0.375 e. The summed E-state index contributed by atoms with van der Waals surface area (Å²) < 4.78 is 6.28. The topological polar surface area (TPSA) is 21.3 Å². The van der Waals surface area contributed by atoms with E-state index in [0.29, 0.717) is 6.04 Å². The Morgan fingerprint density at radius 2 is 2.19 bits per heavy atom. The zero-order valence-electron chi connectivity index (χ0n) is 13.5. The van der Waals surface area contributed by atoms with Crippen molar-refractivity contribution in [3.05, 3.63) is 21.9 Å². The molecule has 118 valence electrons. The molecule has 0 amide bonds. The Labute approximate surface area is 133 Å². The first kappa shape index (κ1) is 15.5. The fraction of sp³-hybridized carbons (Fsp3) is 0.778. The number of aryl methyl sites for hydroxylation is 1. The summed E-state index contributed by atoms with van der Waals surface area (Å²) in [6, 6.07) is 2.82. The fourth-order valence-electron chi connectivity index (χ4n) is 4.39. The van der Waals surface area contributed by atoms with Crippen LogP contribution in [-0.2, 0) is 11.2 Å². The zero-order chi connectivity index (χ0) is 14.7. The highest BCUT2D eigenvalue weighted by Crippen LogP contribution is 2.45. The molecule has 0 bridgehead atoms. The quantitative estimate of drug-likeness (QED) is 0.870. The Balaban J connectivity index is 1.77. The molecule has 2 aliphatic rings. The van der Waals surface area contributed by atoms with Crippen LogP contribution in [0.2, 0.25) is 0 Å². The molecule has 1 spiro atoms. The van der Waals surface area contributed by atoms with E-state index in [1.807, 2.05) is 11.3 Å². The average Bonchev–Trinajstić information content (AvgIpc) is 2.97. The van der Waals surface area contributed by atoms with Gasteiger partial charge >= 0.3 is 0 Å². The van der Waals surface area contributed by atoms with Crippen molar-refractivity contribution in [3.8, 4) is 0 Å². The molecule has 1 N–H and O–H groups in total. The zero-order valence-corrected chi connectivity index (χ0v) is 14.3. The van der Waals surface area contributed by atoms with Crippen molar-refractivity contribution in [2.24, 2.45) is 5.92 Å². The Bertz CT molecular complexity index is 444. The third kappa shape index (κ3) is 3.20. The minimum absolute atomic E-state index is 0.208. The molecule has 1 aromatic rings. The molecule has 1 aliphatic heterocycles. The van der Waals surface area contributed by atoms with Gasteiger partial charge in [0.05, 0.1) is 5.60 Å². The van der Waals surface area contributed by atoms with Gasteiger partial charge in [-0.2, -0.15) is 0 Å². The summed E-state index contributed by atoms with van der Waals surface area (Å²) in [4.78, 5) is 1.57. The van der Waals surface area contributed by atoms with Gasteiger partial charge in [-0.25, -0.2) is 0 Å². The lowest BCUT2D eigenvalue weighted by Crippen LogP contribution is -2.44. The van der Waals surface area contributed by atoms with Gasteiger partial charge < -0.3 is 10.1 Å². The molecule has 2 atom stereocenters. The van der Waals surface area contributed by atoms with Crippen LogP contribution in [0.4, 0.5) is 0 Å². The van der Waals surface area contributed by atoms with Crippen LogP contribution in [0.1, 0.15) is 68.4 Å². The number of hydrogen-bond donors (Lipinski definition) is 1. The molecule has 2 fully saturated rings. The van der Waals surface area contributed by atoms with Crippen molar-refractivity contribution < 1.29 is 4.74 Å². The Morgan fingerprint density at radius 1 is 1.38 bits per heavy atom. The van der Waals surface area contributed by atoms with Crippen molar-refractivity contribution in [3.63, 3.8) is 0 Å². The molecule has 2 nitrogen and oxygen atoms in total. The molecule has 21 heavy (non-hydrogen) atoms. The van der Waals surface area contributed by atoms with Gasteiger partial charge in [0, 0.05) is 17.5 Å². The maximum atomic E-state index is 6.28. The SMILES string of the molecule is CCc1ccsc1C(NC)C1CCOC2(CCCCC2)C1. The first-order valence-electron chi connectivity index (χ1n) is 8.65. The molecule has 1 aliphatic carbocycles. The average molecular weight is 308 g/mol. The van der Waals surface area contributed by atoms with Crippen LogP contribution in [-0.4, -0.2) is 19.3 Å². The largest absolute Gasteiger partial charge is 0.375 e. The van der Waals surface area contributed by atoms with E-state index >= 15 is 0 Å². The molecule has 3 rings (SSSR count). The first-order chi connectivity index (χ1) is 10.3. The summed E-state index contributed by atoms with van der Waals surface area (Å²) in [5, 5.41) is 5.88. The normalized spacial score (nSPS) is 26.9. The summed E-state index contributed by atoms with van der Waals surface area (Å²) in [6.07, 6.45) is 10.3. The summed E-state index contributed by atoms with van der Waals surface area (Å²) in [5.74, 6) is 0.728. The van der Waals surface area contributed by atoms with Gasteiger partial charge in [-0.1, -0.05) is 26.2 Å². The van der Waals surface area contributed by atoms with Crippen molar-refractivity contribution in [2.75, 3.05) is 13.7 Å². The predicted octanol–water partition coefficient (Wildman–Crippen LogP) is 4.70. The standard InChI is InChI=1S/C18H29NOS/c1-3-14-8-12-21-17(14)16(19-2)15-7-11-20-18(13-15)9-5-4-6-10-18/h8,12,15-16,19H,3-7,9-11,13H2,1-2H3. The van der Waals surface area contributed by atoms with Crippen molar-refractivity contribution in [1.82, 2.24) is 5.32 Å². The third-order valence-corrected chi connectivity index (χ3v) is 6.56. The Kier molecular flexibility index (Phi) is 5.03. The maximum Gasteiger partial charge on any atom is 0.0686 e. The van der Waals surface area contributed by atoms with E-state index in [0.717, 1.165) is 18.9 Å². The van der Waals surface area contributed by atoms with Gasteiger partial charge in [0.15, 0.2) is 0 Å². The van der Waals surface area contributed by atoms with E-state index in [1.54, 1.807) is 4.88 Å². The van der Waals surface area contributed by atoms with Crippen LogP contribution < -0.4 is 5.32 Å². The first-order valence-corrected chi connectivity index (χ1v) is 9.53. The predicted molar refractivity (Wildman–Crippen MR) is 90.0 cm³/mol. The smallest absolute Gasteiger partial charge is 0.0686 e. The number of nitrogens with one attached hydrogen (secondary N) is 1. The third-order valence-electron chi connectivity index (χ3n) is 5.52. The lowest BCUT2D eigenvalue weighted by atomic mass is 9.73. The second kappa shape index (κ2) is 6.80.